The second-order valence-electron chi connectivity index (χ2n) is 9.02. The SMILES string of the molecule is CC(C)[C@H](NC(=O)C[C@H](O)[C@H](Cc1cc(F)cc(F)c1)NC(=O)c1ccc2ccccc2c1)C(=O)O. The number of halogens is 2. The maximum absolute atomic E-state index is 13.8. The topological polar surface area (TPSA) is 116 Å². The van der Waals surface area contributed by atoms with E-state index < -0.39 is 59.9 Å². The smallest absolute Gasteiger partial charge is 0.326 e. The summed E-state index contributed by atoms with van der Waals surface area (Å²) in [5, 5.41) is 26.9. The van der Waals surface area contributed by atoms with E-state index in [1.54, 1.807) is 32.0 Å². The van der Waals surface area contributed by atoms with Gasteiger partial charge in [-0.1, -0.05) is 44.2 Å². The Balaban J connectivity index is 1.81. The average molecular weight is 499 g/mol. The molecule has 190 valence electrons. The predicted octanol–water partition coefficient (Wildman–Crippen LogP) is 3.44. The van der Waals surface area contributed by atoms with Gasteiger partial charge in [-0.2, -0.15) is 0 Å². The van der Waals surface area contributed by atoms with Gasteiger partial charge in [0.15, 0.2) is 0 Å². The Morgan fingerprint density at radius 3 is 2.14 bits per heavy atom. The van der Waals surface area contributed by atoms with Crippen molar-refractivity contribution in [2.24, 2.45) is 5.92 Å². The molecule has 0 saturated carbocycles. The molecule has 3 aromatic carbocycles. The number of carboxylic acids is 1. The summed E-state index contributed by atoms with van der Waals surface area (Å²) in [6.07, 6.45) is -2.17. The Morgan fingerprint density at radius 1 is 0.889 bits per heavy atom. The summed E-state index contributed by atoms with van der Waals surface area (Å²) in [5.74, 6) is -4.55. The monoisotopic (exact) mass is 498 g/mol. The van der Waals surface area contributed by atoms with Crippen molar-refractivity contribution in [1.82, 2.24) is 10.6 Å². The minimum atomic E-state index is -1.47. The van der Waals surface area contributed by atoms with Gasteiger partial charge in [-0.25, -0.2) is 13.6 Å². The highest BCUT2D eigenvalue weighted by molar-refractivity contribution is 5.98. The van der Waals surface area contributed by atoms with Crippen molar-refractivity contribution in [3.8, 4) is 0 Å². The minimum Gasteiger partial charge on any atom is -0.480 e. The van der Waals surface area contributed by atoms with E-state index in [2.05, 4.69) is 10.6 Å². The van der Waals surface area contributed by atoms with Crippen molar-refractivity contribution in [1.29, 1.82) is 0 Å². The van der Waals surface area contributed by atoms with Gasteiger partial charge in [0, 0.05) is 11.6 Å². The lowest BCUT2D eigenvalue weighted by Gasteiger charge is -2.25. The quantitative estimate of drug-likeness (QED) is 0.342. The number of hydrogen-bond donors (Lipinski definition) is 4. The van der Waals surface area contributed by atoms with Gasteiger partial charge in [0.2, 0.25) is 5.91 Å². The molecule has 0 aliphatic heterocycles. The van der Waals surface area contributed by atoms with E-state index in [0.29, 0.717) is 11.6 Å². The van der Waals surface area contributed by atoms with Gasteiger partial charge in [-0.3, -0.25) is 9.59 Å². The molecule has 0 fully saturated rings. The highest BCUT2D eigenvalue weighted by Crippen LogP contribution is 2.18. The zero-order chi connectivity index (χ0) is 26.4. The fourth-order valence-electron chi connectivity index (χ4n) is 3.93. The van der Waals surface area contributed by atoms with Crippen LogP contribution in [0, 0.1) is 17.6 Å². The summed E-state index contributed by atoms with van der Waals surface area (Å²) in [6.45, 7) is 3.25. The number of fused-ring (bicyclic) bond motifs is 1. The zero-order valence-corrected chi connectivity index (χ0v) is 19.9. The van der Waals surface area contributed by atoms with E-state index in [-0.39, 0.29) is 12.0 Å². The molecular formula is C27H28F2N2O5. The molecular weight excluding hydrogens is 470 g/mol. The van der Waals surface area contributed by atoms with Gasteiger partial charge in [0.25, 0.3) is 5.91 Å². The van der Waals surface area contributed by atoms with Crippen LogP contribution >= 0.6 is 0 Å². The number of benzene rings is 3. The van der Waals surface area contributed by atoms with E-state index in [9.17, 15) is 33.4 Å². The molecule has 7 nitrogen and oxygen atoms in total. The van der Waals surface area contributed by atoms with Crippen LogP contribution in [-0.2, 0) is 16.0 Å². The molecule has 0 radical (unpaired) electrons. The lowest BCUT2D eigenvalue weighted by molar-refractivity contribution is -0.143. The summed E-state index contributed by atoms with van der Waals surface area (Å²) in [4.78, 5) is 36.9. The minimum absolute atomic E-state index is 0.168. The van der Waals surface area contributed by atoms with E-state index in [1.165, 1.54) is 0 Å². The second kappa shape index (κ2) is 11.7. The van der Waals surface area contributed by atoms with Crippen molar-refractivity contribution in [3.05, 3.63) is 83.4 Å². The maximum Gasteiger partial charge on any atom is 0.326 e. The molecule has 0 aliphatic rings. The number of carbonyl (C=O) groups is 3. The van der Waals surface area contributed by atoms with E-state index >= 15 is 0 Å². The molecule has 3 aromatic rings. The standard InChI is InChI=1S/C27H28F2N2O5/c1-15(2)25(27(35)36)31-24(33)14-23(32)22(11-16-9-20(28)13-21(29)10-16)30-26(34)19-8-7-17-5-3-4-6-18(17)12-19/h3-10,12-13,15,22-23,25,32H,11,14H2,1-2H3,(H,30,34)(H,31,33)(H,35,36)/t22-,23-,25-/m0/s1. The number of nitrogens with one attached hydrogen (secondary N) is 2. The van der Waals surface area contributed by atoms with Gasteiger partial charge < -0.3 is 20.8 Å². The summed E-state index contributed by atoms with van der Waals surface area (Å²) in [7, 11) is 0. The lowest BCUT2D eigenvalue weighted by Crippen LogP contribution is -2.49. The highest BCUT2D eigenvalue weighted by atomic mass is 19.1. The van der Waals surface area contributed by atoms with Crippen LogP contribution in [0.15, 0.2) is 60.7 Å². The fourth-order valence-corrected chi connectivity index (χ4v) is 3.93. The Morgan fingerprint density at radius 2 is 1.53 bits per heavy atom. The third kappa shape index (κ3) is 7.08. The molecule has 3 rings (SSSR count). The number of aliphatic hydroxyl groups is 1. The van der Waals surface area contributed by atoms with Crippen LogP contribution in [0.5, 0.6) is 0 Å². The summed E-state index contributed by atoms with van der Waals surface area (Å²) in [6, 6.07) is 13.1. The van der Waals surface area contributed by atoms with Crippen LogP contribution < -0.4 is 10.6 Å². The summed E-state index contributed by atoms with van der Waals surface area (Å²) >= 11 is 0. The van der Waals surface area contributed by atoms with Crippen molar-refractivity contribution < 1.29 is 33.4 Å². The Hall–Kier alpha value is -3.85. The third-order valence-electron chi connectivity index (χ3n) is 5.81. The first-order valence-corrected chi connectivity index (χ1v) is 11.5. The van der Waals surface area contributed by atoms with Crippen LogP contribution in [-0.4, -0.2) is 46.2 Å². The van der Waals surface area contributed by atoms with Crippen molar-refractivity contribution >= 4 is 28.6 Å². The molecule has 4 N–H and O–H groups in total. The zero-order valence-electron chi connectivity index (χ0n) is 19.9. The summed E-state index contributed by atoms with van der Waals surface area (Å²) < 4.78 is 27.5. The largest absolute Gasteiger partial charge is 0.480 e. The van der Waals surface area contributed by atoms with Gasteiger partial charge in [0.05, 0.1) is 18.6 Å². The van der Waals surface area contributed by atoms with Gasteiger partial charge in [0.1, 0.15) is 17.7 Å². The normalized spacial score (nSPS) is 13.7. The van der Waals surface area contributed by atoms with E-state index in [4.69, 9.17) is 0 Å². The molecule has 3 atom stereocenters. The van der Waals surface area contributed by atoms with Crippen LogP contribution in [0.1, 0.15) is 36.2 Å². The highest BCUT2D eigenvalue weighted by Gasteiger charge is 2.28. The molecule has 2 amide bonds. The second-order valence-corrected chi connectivity index (χ2v) is 9.02. The van der Waals surface area contributed by atoms with E-state index in [0.717, 1.165) is 22.9 Å². The van der Waals surface area contributed by atoms with Gasteiger partial charge in [-0.05, 0) is 52.9 Å². The van der Waals surface area contributed by atoms with Gasteiger partial charge in [-0.15, -0.1) is 0 Å². The predicted molar refractivity (Wildman–Crippen MR) is 130 cm³/mol. The van der Waals surface area contributed by atoms with Crippen molar-refractivity contribution in [2.75, 3.05) is 0 Å². The lowest BCUT2D eigenvalue weighted by atomic mass is 9.97. The van der Waals surface area contributed by atoms with Crippen molar-refractivity contribution in [3.63, 3.8) is 0 Å². The van der Waals surface area contributed by atoms with Crippen LogP contribution in [0.3, 0.4) is 0 Å². The number of rotatable bonds is 10. The van der Waals surface area contributed by atoms with Crippen LogP contribution in [0.4, 0.5) is 8.78 Å². The Kier molecular flexibility index (Phi) is 8.71. The summed E-state index contributed by atoms with van der Waals surface area (Å²) in [5.41, 5.74) is 0.466. The number of aliphatic carboxylic acids is 1. The first-order valence-electron chi connectivity index (χ1n) is 11.5. The maximum atomic E-state index is 13.8. The number of carboxylic acid groups (broad SMARTS) is 1. The molecule has 0 bridgehead atoms. The molecule has 9 heteroatoms. The molecule has 0 spiro atoms. The molecule has 0 unspecified atom stereocenters. The molecule has 36 heavy (non-hydrogen) atoms. The molecule has 0 heterocycles. The first-order chi connectivity index (χ1) is 17.0. The van der Waals surface area contributed by atoms with E-state index in [1.807, 2.05) is 24.3 Å². The first kappa shape index (κ1) is 26.7. The average Bonchev–Trinajstić information content (AvgIpc) is 2.80. The molecule has 0 aliphatic carbocycles. The third-order valence-corrected chi connectivity index (χ3v) is 5.81. The molecule has 0 aromatic heterocycles. The number of hydrogen-bond acceptors (Lipinski definition) is 4. The van der Waals surface area contributed by atoms with Crippen LogP contribution in [0.25, 0.3) is 10.8 Å². The fraction of sp³-hybridized carbons (Fsp3) is 0.296. The molecule has 0 saturated heterocycles. The number of amides is 2. The Labute approximate surface area is 207 Å². The van der Waals surface area contributed by atoms with Crippen molar-refractivity contribution in [2.45, 2.75) is 44.9 Å². The number of aliphatic hydroxyl groups excluding tert-OH is 1. The van der Waals surface area contributed by atoms with Gasteiger partial charge >= 0.3 is 5.97 Å². The van der Waals surface area contributed by atoms with Crippen LogP contribution in [0.2, 0.25) is 0 Å². The number of carbonyl (C=O) groups excluding carboxylic acids is 2. The Bertz CT molecular complexity index is 1240.